The van der Waals surface area contributed by atoms with Crippen molar-refractivity contribution in [2.75, 3.05) is 12.4 Å². The number of nitrogens with one attached hydrogen (secondary N) is 1. The number of esters is 1. The molecule has 1 N–H and O–H groups in total. The number of amides is 1. The van der Waals surface area contributed by atoms with Gasteiger partial charge in [-0.1, -0.05) is 23.9 Å². The van der Waals surface area contributed by atoms with E-state index in [1.54, 1.807) is 6.07 Å². The minimum absolute atomic E-state index is 0.0104. The fourth-order valence-corrected chi connectivity index (χ4v) is 3.40. The highest BCUT2D eigenvalue weighted by Gasteiger charge is 2.35. The zero-order valence-electron chi connectivity index (χ0n) is 13.5. The van der Waals surface area contributed by atoms with E-state index in [0.29, 0.717) is 23.6 Å². The number of aromatic nitrogens is 1. The predicted octanol–water partition coefficient (Wildman–Crippen LogP) is 2.42. The second kappa shape index (κ2) is 7.57. The molecule has 7 nitrogen and oxygen atoms in total. The lowest BCUT2D eigenvalue weighted by molar-refractivity contribution is -0.146. The molecule has 8 heteroatoms. The Balaban J connectivity index is 1.43. The number of thioether (sulfide) groups is 1. The van der Waals surface area contributed by atoms with Crippen LogP contribution in [0.1, 0.15) is 25.7 Å². The van der Waals surface area contributed by atoms with Crippen LogP contribution in [0.5, 0.6) is 0 Å². The summed E-state index contributed by atoms with van der Waals surface area (Å²) in [6, 6.07) is 9.46. The minimum atomic E-state index is -0.809. The zero-order valence-corrected chi connectivity index (χ0v) is 14.3. The van der Waals surface area contributed by atoms with Crippen molar-refractivity contribution in [2.24, 2.45) is 0 Å². The van der Waals surface area contributed by atoms with E-state index in [0.717, 1.165) is 30.1 Å². The highest BCUT2D eigenvalue weighted by molar-refractivity contribution is 7.99. The van der Waals surface area contributed by atoms with E-state index >= 15 is 0 Å². The Kier molecular flexibility index (Phi) is 5.24. The molecule has 1 aromatic carbocycles. The molecule has 2 aromatic rings. The summed E-state index contributed by atoms with van der Waals surface area (Å²) in [4.78, 5) is 27.9. The molecule has 1 aliphatic rings. The van der Waals surface area contributed by atoms with Crippen molar-refractivity contribution in [2.45, 2.75) is 36.4 Å². The van der Waals surface area contributed by atoms with Crippen molar-refractivity contribution < 1.29 is 18.7 Å². The van der Waals surface area contributed by atoms with Crippen molar-refractivity contribution in [3.05, 3.63) is 24.3 Å². The Morgan fingerprint density at radius 1 is 1.36 bits per heavy atom. The third-order valence-corrected chi connectivity index (χ3v) is 4.80. The van der Waals surface area contributed by atoms with Crippen LogP contribution in [0.15, 0.2) is 33.9 Å². The molecule has 1 saturated carbocycles. The summed E-state index contributed by atoms with van der Waals surface area (Å²) in [5, 5.41) is 12.3. The Bertz CT molecular complexity index is 788. The molecule has 0 radical (unpaired) electrons. The number of carbonyl (C=O) groups is 2. The Hall–Kier alpha value is -2.53. The van der Waals surface area contributed by atoms with Gasteiger partial charge in [-0.25, -0.2) is 4.98 Å². The third kappa shape index (κ3) is 4.31. The molecule has 3 rings (SSSR count). The smallest absolute Gasteiger partial charge is 0.316 e. The minimum Gasteiger partial charge on any atom is -0.455 e. The highest BCUT2D eigenvalue weighted by atomic mass is 32.2. The fourth-order valence-electron chi connectivity index (χ4n) is 2.77. The van der Waals surface area contributed by atoms with E-state index in [4.69, 9.17) is 9.15 Å². The molecule has 0 saturated heterocycles. The second-order valence-corrected chi connectivity index (χ2v) is 6.77. The van der Waals surface area contributed by atoms with Gasteiger partial charge in [0.25, 0.3) is 11.1 Å². The maximum Gasteiger partial charge on any atom is 0.316 e. The molecule has 0 atom stereocenters. The number of ether oxygens (including phenoxy) is 1. The molecule has 1 fully saturated rings. The van der Waals surface area contributed by atoms with Crippen molar-refractivity contribution in [3.8, 4) is 6.07 Å². The first-order valence-corrected chi connectivity index (χ1v) is 8.95. The average molecular weight is 359 g/mol. The first-order chi connectivity index (χ1) is 12.1. The maximum absolute atomic E-state index is 11.9. The Morgan fingerprint density at radius 2 is 2.12 bits per heavy atom. The van der Waals surface area contributed by atoms with Gasteiger partial charge in [-0.2, -0.15) is 5.26 Å². The fraction of sp³-hybridized carbons (Fsp3) is 0.412. The maximum atomic E-state index is 11.9. The predicted molar refractivity (Wildman–Crippen MR) is 90.6 cm³/mol. The monoisotopic (exact) mass is 359 g/mol. The molecule has 0 aliphatic heterocycles. The lowest BCUT2D eigenvalue weighted by Gasteiger charge is -2.21. The molecule has 1 heterocycles. The molecule has 25 heavy (non-hydrogen) atoms. The van der Waals surface area contributed by atoms with Gasteiger partial charge >= 0.3 is 5.97 Å². The van der Waals surface area contributed by atoms with E-state index in [1.807, 2.05) is 18.2 Å². The number of fused-ring (bicyclic) bond motifs is 1. The van der Waals surface area contributed by atoms with Crippen LogP contribution in [0.2, 0.25) is 0 Å². The third-order valence-electron chi connectivity index (χ3n) is 4.00. The number of para-hydroxylation sites is 2. The summed E-state index contributed by atoms with van der Waals surface area (Å²) >= 11 is 1.11. The number of rotatable bonds is 6. The molecule has 130 valence electrons. The summed E-state index contributed by atoms with van der Waals surface area (Å²) in [5.74, 6) is -1.01. The largest absolute Gasteiger partial charge is 0.455 e. The quantitative estimate of drug-likeness (QED) is 0.623. The number of benzene rings is 1. The van der Waals surface area contributed by atoms with Crippen LogP contribution in [0.4, 0.5) is 0 Å². The number of hydrogen-bond acceptors (Lipinski definition) is 7. The van der Waals surface area contributed by atoms with Gasteiger partial charge in [0.1, 0.15) is 16.8 Å². The Labute approximate surface area is 148 Å². The summed E-state index contributed by atoms with van der Waals surface area (Å²) in [5.41, 5.74) is 0.559. The first kappa shape index (κ1) is 17.3. The molecule has 0 unspecified atom stereocenters. The van der Waals surface area contributed by atoms with Crippen LogP contribution >= 0.6 is 11.8 Å². The van der Waals surface area contributed by atoms with Gasteiger partial charge in [-0.05, 0) is 37.8 Å². The summed E-state index contributed by atoms with van der Waals surface area (Å²) in [6.07, 6.45) is 3.09. The molecular formula is C17H17N3O4S. The van der Waals surface area contributed by atoms with E-state index < -0.39 is 24.0 Å². The van der Waals surface area contributed by atoms with Gasteiger partial charge in [0.15, 0.2) is 12.2 Å². The van der Waals surface area contributed by atoms with Gasteiger partial charge < -0.3 is 14.5 Å². The van der Waals surface area contributed by atoms with Crippen LogP contribution in [0.3, 0.4) is 0 Å². The summed E-state index contributed by atoms with van der Waals surface area (Å²) < 4.78 is 10.4. The molecule has 0 bridgehead atoms. The lowest BCUT2D eigenvalue weighted by Crippen LogP contribution is -2.46. The number of oxazole rings is 1. The van der Waals surface area contributed by atoms with Gasteiger partial charge in [0, 0.05) is 0 Å². The molecule has 1 aromatic heterocycles. The van der Waals surface area contributed by atoms with Gasteiger partial charge in [0.05, 0.1) is 6.07 Å². The number of hydrogen-bond donors (Lipinski definition) is 1. The average Bonchev–Trinajstić information content (AvgIpc) is 3.25. The van der Waals surface area contributed by atoms with Gasteiger partial charge in [-0.15, -0.1) is 0 Å². The number of nitriles is 1. The number of nitrogens with zero attached hydrogens (tertiary/aromatic N) is 2. The molecule has 1 amide bonds. The Morgan fingerprint density at radius 3 is 2.84 bits per heavy atom. The van der Waals surface area contributed by atoms with Gasteiger partial charge in [0.2, 0.25) is 0 Å². The SMILES string of the molecule is N#CC1(NC(=O)COC(=O)CSc2nc3ccccc3o2)CCCC1. The van der Waals surface area contributed by atoms with Crippen molar-refractivity contribution in [1.29, 1.82) is 5.26 Å². The standard InChI is InChI=1S/C17H17N3O4S/c18-11-17(7-3-4-8-17)20-14(21)9-23-15(22)10-25-16-19-12-5-1-2-6-13(12)24-16/h1-2,5-6H,3-4,7-10H2,(H,20,21). The highest BCUT2D eigenvalue weighted by Crippen LogP contribution is 2.28. The molecule has 1 aliphatic carbocycles. The summed E-state index contributed by atoms with van der Waals surface area (Å²) in [6.45, 7) is -0.392. The van der Waals surface area contributed by atoms with Crippen LogP contribution in [0.25, 0.3) is 11.1 Å². The second-order valence-electron chi connectivity index (χ2n) is 5.85. The van der Waals surface area contributed by atoms with Crippen molar-refractivity contribution in [3.63, 3.8) is 0 Å². The van der Waals surface area contributed by atoms with Crippen LogP contribution < -0.4 is 5.32 Å². The first-order valence-electron chi connectivity index (χ1n) is 7.96. The van der Waals surface area contributed by atoms with Gasteiger partial charge in [-0.3, -0.25) is 9.59 Å². The van der Waals surface area contributed by atoms with Crippen molar-refractivity contribution in [1.82, 2.24) is 10.3 Å². The summed E-state index contributed by atoms with van der Waals surface area (Å²) in [7, 11) is 0. The zero-order chi connectivity index (χ0) is 17.7. The van der Waals surface area contributed by atoms with E-state index in [-0.39, 0.29) is 5.75 Å². The normalized spacial score (nSPS) is 15.6. The van der Waals surface area contributed by atoms with Crippen LogP contribution in [-0.4, -0.2) is 34.8 Å². The van der Waals surface area contributed by atoms with E-state index in [9.17, 15) is 14.9 Å². The molecular weight excluding hydrogens is 342 g/mol. The van der Waals surface area contributed by atoms with E-state index in [2.05, 4.69) is 16.4 Å². The van der Waals surface area contributed by atoms with E-state index in [1.165, 1.54) is 0 Å². The topological polar surface area (TPSA) is 105 Å². The number of carbonyl (C=O) groups excluding carboxylic acids is 2. The lowest BCUT2D eigenvalue weighted by atomic mass is 10.00. The molecule has 0 spiro atoms. The van der Waals surface area contributed by atoms with Crippen LogP contribution in [-0.2, 0) is 14.3 Å². The van der Waals surface area contributed by atoms with Crippen molar-refractivity contribution >= 4 is 34.7 Å². The van der Waals surface area contributed by atoms with Crippen LogP contribution in [0, 0.1) is 11.3 Å².